The number of aliphatic carboxylic acids is 2. The van der Waals surface area contributed by atoms with Crippen LogP contribution in [0, 0.1) is 10.1 Å². The van der Waals surface area contributed by atoms with Crippen molar-refractivity contribution in [3.63, 3.8) is 0 Å². The van der Waals surface area contributed by atoms with Crippen molar-refractivity contribution in [3.8, 4) is 0 Å². The van der Waals surface area contributed by atoms with E-state index in [4.69, 9.17) is 0 Å². The summed E-state index contributed by atoms with van der Waals surface area (Å²) in [6, 6.07) is 9.09. The topological polar surface area (TPSA) is 191 Å². The summed E-state index contributed by atoms with van der Waals surface area (Å²) < 4.78 is 25.6. The molecule has 2 aromatic rings. The highest BCUT2D eigenvalue weighted by molar-refractivity contribution is 7.91. The van der Waals surface area contributed by atoms with Crippen molar-refractivity contribution >= 4 is 27.5 Å². The molecule has 2 unspecified atom stereocenters. The van der Waals surface area contributed by atoms with E-state index in [1.807, 2.05) is 0 Å². The minimum Gasteiger partial charge on any atom is -0.512 e. The van der Waals surface area contributed by atoms with Crippen molar-refractivity contribution < 1.29 is 38.2 Å². The SMILES string of the molecule is C=C(O)CN(CC(=O)O)C1CCCCC1N(CC(=O)O)Cc1cccc(CCS(=O)(=O)c2ccc([N+](=O)[O-])cc2)n1. The molecule has 1 aromatic heterocycles. The zero-order valence-corrected chi connectivity index (χ0v) is 23.3. The molecular formula is C27H34N4O9S. The summed E-state index contributed by atoms with van der Waals surface area (Å²) in [6.07, 6.45) is 2.97. The van der Waals surface area contributed by atoms with Gasteiger partial charge in [0, 0.05) is 42.9 Å². The van der Waals surface area contributed by atoms with E-state index in [0.717, 1.165) is 25.0 Å². The number of benzene rings is 1. The van der Waals surface area contributed by atoms with Crippen molar-refractivity contribution in [2.45, 2.75) is 55.6 Å². The van der Waals surface area contributed by atoms with Crippen LogP contribution in [0.1, 0.15) is 37.1 Å². The van der Waals surface area contributed by atoms with Crippen LogP contribution in [0.15, 0.2) is 59.7 Å². The summed E-state index contributed by atoms with van der Waals surface area (Å²) in [4.78, 5) is 41.5. The minimum absolute atomic E-state index is 0.0355. The van der Waals surface area contributed by atoms with Crippen molar-refractivity contribution in [2.75, 3.05) is 25.4 Å². The highest BCUT2D eigenvalue weighted by Crippen LogP contribution is 2.29. The maximum atomic E-state index is 12.8. The largest absolute Gasteiger partial charge is 0.512 e. The molecule has 1 saturated carbocycles. The zero-order valence-electron chi connectivity index (χ0n) is 22.5. The first-order chi connectivity index (χ1) is 19.4. The predicted octanol–water partition coefficient (Wildman–Crippen LogP) is 2.66. The lowest BCUT2D eigenvalue weighted by atomic mass is 9.87. The molecule has 41 heavy (non-hydrogen) atoms. The van der Waals surface area contributed by atoms with Gasteiger partial charge < -0.3 is 15.3 Å². The van der Waals surface area contributed by atoms with Gasteiger partial charge in [-0.1, -0.05) is 25.5 Å². The van der Waals surface area contributed by atoms with Gasteiger partial charge in [0.15, 0.2) is 9.84 Å². The maximum absolute atomic E-state index is 12.8. The molecule has 3 rings (SSSR count). The number of sulfone groups is 1. The molecule has 0 bridgehead atoms. The molecule has 14 heteroatoms. The van der Waals surface area contributed by atoms with Gasteiger partial charge in [-0.25, -0.2) is 8.42 Å². The van der Waals surface area contributed by atoms with E-state index in [0.29, 0.717) is 24.2 Å². The number of nitro groups is 1. The zero-order chi connectivity index (χ0) is 30.2. The quantitative estimate of drug-likeness (QED) is 0.156. The molecule has 1 aliphatic rings. The number of carbonyl (C=O) groups is 2. The second-order valence-corrected chi connectivity index (χ2v) is 12.1. The molecule has 1 aromatic carbocycles. The third-order valence-corrected chi connectivity index (χ3v) is 8.69. The molecule has 222 valence electrons. The molecule has 0 aliphatic heterocycles. The number of pyridine rings is 1. The predicted molar refractivity (Wildman–Crippen MR) is 148 cm³/mol. The van der Waals surface area contributed by atoms with Crippen LogP contribution in [0.3, 0.4) is 0 Å². The molecule has 1 fully saturated rings. The molecule has 0 saturated heterocycles. The Bertz CT molecular complexity index is 1350. The summed E-state index contributed by atoms with van der Waals surface area (Å²) >= 11 is 0. The number of aryl methyl sites for hydroxylation is 1. The molecule has 1 heterocycles. The van der Waals surface area contributed by atoms with Gasteiger partial charge in [-0.3, -0.25) is 34.5 Å². The van der Waals surface area contributed by atoms with E-state index in [2.05, 4.69) is 11.6 Å². The fraction of sp³-hybridized carbons (Fsp3) is 0.444. The minimum atomic E-state index is -3.74. The summed E-state index contributed by atoms with van der Waals surface area (Å²) in [5.74, 6) is -2.59. The average Bonchev–Trinajstić information content (AvgIpc) is 2.91. The Hall–Kier alpha value is -3.88. The number of hydrogen-bond donors (Lipinski definition) is 3. The lowest BCUT2D eigenvalue weighted by molar-refractivity contribution is -0.384. The monoisotopic (exact) mass is 590 g/mol. The van der Waals surface area contributed by atoms with Gasteiger partial charge in [0.2, 0.25) is 0 Å². The van der Waals surface area contributed by atoms with E-state index >= 15 is 0 Å². The molecule has 0 radical (unpaired) electrons. The van der Waals surface area contributed by atoms with Gasteiger partial charge in [0.1, 0.15) is 0 Å². The molecule has 13 nitrogen and oxygen atoms in total. The molecule has 2 atom stereocenters. The lowest BCUT2D eigenvalue weighted by Crippen LogP contribution is -2.55. The van der Waals surface area contributed by atoms with Crippen LogP contribution in [0.4, 0.5) is 5.69 Å². The number of non-ortho nitro benzene ring substituents is 1. The fourth-order valence-electron chi connectivity index (χ4n) is 5.20. The third kappa shape index (κ3) is 9.33. The van der Waals surface area contributed by atoms with Crippen LogP contribution < -0.4 is 0 Å². The van der Waals surface area contributed by atoms with Gasteiger partial charge in [0.05, 0.1) is 46.7 Å². The smallest absolute Gasteiger partial charge is 0.317 e. The Morgan fingerprint density at radius 3 is 2.05 bits per heavy atom. The molecule has 0 spiro atoms. The van der Waals surface area contributed by atoms with Gasteiger partial charge >= 0.3 is 11.9 Å². The van der Waals surface area contributed by atoms with E-state index < -0.39 is 26.7 Å². The molecular weight excluding hydrogens is 556 g/mol. The second-order valence-electron chi connectivity index (χ2n) is 10.0. The highest BCUT2D eigenvalue weighted by atomic mass is 32.2. The van der Waals surface area contributed by atoms with Gasteiger partial charge in [-0.05, 0) is 37.1 Å². The number of nitrogens with zero attached hydrogens (tertiary/aromatic N) is 4. The number of nitro benzene ring substituents is 1. The van der Waals surface area contributed by atoms with E-state index in [-0.39, 0.29) is 66.8 Å². The van der Waals surface area contributed by atoms with Crippen LogP contribution in [0.5, 0.6) is 0 Å². The lowest BCUT2D eigenvalue weighted by Gasteiger charge is -2.44. The maximum Gasteiger partial charge on any atom is 0.317 e. The number of aliphatic hydroxyl groups is 1. The van der Waals surface area contributed by atoms with E-state index in [1.54, 1.807) is 28.0 Å². The Morgan fingerprint density at radius 2 is 1.49 bits per heavy atom. The number of carboxylic acid groups (broad SMARTS) is 2. The average molecular weight is 591 g/mol. The summed E-state index contributed by atoms with van der Waals surface area (Å²) in [5.41, 5.74) is 0.793. The van der Waals surface area contributed by atoms with Crippen molar-refractivity contribution in [1.82, 2.24) is 14.8 Å². The second kappa shape index (κ2) is 14.1. The molecule has 3 N–H and O–H groups in total. The summed E-state index contributed by atoms with van der Waals surface area (Å²) in [5, 5.41) is 39.8. The van der Waals surface area contributed by atoms with E-state index in [9.17, 15) is 43.4 Å². The van der Waals surface area contributed by atoms with Crippen molar-refractivity contribution in [3.05, 3.63) is 76.3 Å². The standard InChI is InChI=1S/C27H34N4O9S/c1-19(32)15-29(17-26(33)34)24-7-2-3-8-25(24)30(18-27(35)36)16-21-6-4-5-20(28-21)13-14-41(39,40)23-11-9-22(10-12-23)31(37)38/h4-6,9-12,24-25,32H,1-3,7-8,13-18H2,(H,33,34)(H,35,36). The van der Waals surface area contributed by atoms with Crippen LogP contribution in [0.2, 0.25) is 0 Å². The third-order valence-electron chi connectivity index (χ3n) is 6.96. The number of carboxylic acids is 2. The Morgan fingerprint density at radius 1 is 0.927 bits per heavy atom. The van der Waals surface area contributed by atoms with Crippen LogP contribution >= 0.6 is 0 Å². The number of rotatable bonds is 15. The fourth-order valence-corrected chi connectivity index (χ4v) is 6.47. The molecule has 0 amide bonds. The first kappa shape index (κ1) is 31.6. The summed E-state index contributed by atoms with van der Waals surface area (Å²) in [6.45, 7) is 2.93. The highest BCUT2D eigenvalue weighted by Gasteiger charge is 2.36. The molecule has 1 aliphatic carbocycles. The van der Waals surface area contributed by atoms with Gasteiger partial charge in [-0.15, -0.1) is 0 Å². The van der Waals surface area contributed by atoms with Crippen LogP contribution in [-0.2, 0) is 32.4 Å². The van der Waals surface area contributed by atoms with E-state index in [1.165, 1.54) is 12.1 Å². The summed E-state index contributed by atoms with van der Waals surface area (Å²) in [7, 11) is -3.74. The van der Waals surface area contributed by atoms with Gasteiger partial charge in [-0.2, -0.15) is 0 Å². The number of aromatic nitrogens is 1. The van der Waals surface area contributed by atoms with Crippen LogP contribution in [-0.4, -0.2) is 92.9 Å². The van der Waals surface area contributed by atoms with Gasteiger partial charge in [0.25, 0.3) is 5.69 Å². The Kier molecular flexibility index (Phi) is 10.9. The van der Waals surface area contributed by atoms with Crippen molar-refractivity contribution in [2.24, 2.45) is 0 Å². The normalized spacial score (nSPS) is 17.4. The number of aliphatic hydroxyl groups excluding tert-OH is 1. The first-order valence-corrected chi connectivity index (χ1v) is 14.7. The first-order valence-electron chi connectivity index (χ1n) is 13.1. The van der Waals surface area contributed by atoms with Crippen molar-refractivity contribution in [1.29, 1.82) is 0 Å². The van der Waals surface area contributed by atoms with Crippen LogP contribution in [0.25, 0.3) is 0 Å². The Labute approximate surface area is 237 Å². The number of hydrogen-bond acceptors (Lipinski definition) is 10. The Balaban J connectivity index is 1.78.